The van der Waals surface area contributed by atoms with Gasteiger partial charge in [0, 0.05) is 0 Å². The first-order valence-corrected chi connectivity index (χ1v) is 6.04. The zero-order chi connectivity index (χ0) is 13.9. The Bertz CT molecular complexity index is 726. The number of para-hydroxylation sites is 1. The Balaban J connectivity index is 1.99. The molecule has 3 aromatic rings. The van der Waals surface area contributed by atoms with E-state index < -0.39 is 0 Å². The number of hydrogen-bond acceptors (Lipinski definition) is 5. The van der Waals surface area contributed by atoms with Crippen LogP contribution in [0.3, 0.4) is 0 Å². The minimum atomic E-state index is 0.0931. The lowest BCUT2D eigenvalue weighted by molar-refractivity contribution is 0.411. The Hall–Kier alpha value is -2.89. The smallest absolute Gasteiger partial charge is 0.183 e. The van der Waals surface area contributed by atoms with E-state index in [4.69, 9.17) is 4.74 Å². The van der Waals surface area contributed by atoms with Crippen LogP contribution in [-0.2, 0) is 0 Å². The maximum absolute atomic E-state index is 9.90. The lowest BCUT2D eigenvalue weighted by Gasteiger charge is -2.10. The highest BCUT2D eigenvalue weighted by Gasteiger charge is 2.11. The molecule has 0 aliphatic rings. The molecule has 1 heterocycles. The van der Waals surface area contributed by atoms with Crippen molar-refractivity contribution in [2.75, 3.05) is 0 Å². The van der Waals surface area contributed by atoms with Crippen molar-refractivity contribution in [3.05, 3.63) is 48.0 Å². The summed E-state index contributed by atoms with van der Waals surface area (Å²) < 4.78 is 5.75. The van der Waals surface area contributed by atoms with Crippen LogP contribution in [-0.4, -0.2) is 25.7 Å². The predicted molar refractivity (Wildman–Crippen MR) is 72.5 cm³/mol. The van der Waals surface area contributed by atoms with Crippen molar-refractivity contribution in [1.29, 1.82) is 0 Å². The number of aryl methyl sites for hydroxylation is 1. The zero-order valence-electron chi connectivity index (χ0n) is 10.7. The van der Waals surface area contributed by atoms with E-state index in [1.807, 2.05) is 31.2 Å². The van der Waals surface area contributed by atoms with Gasteiger partial charge in [0.2, 0.25) is 0 Å². The first-order chi connectivity index (χ1) is 9.74. The van der Waals surface area contributed by atoms with E-state index in [9.17, 15) is 5.11 Å². The monoisotopic (exact) mass is 268 g/mol. The van der Waals surface area contributed by atoms with Crippen LogP contribution in [0.15, 0.2) is 42.5 Å². The number of phenolic OH excluding ortho intramolecular Hbond substituents is 1. The molecule has 0 bridgehead atoms. The van der Waals surface area contributed by atoms with Crippen LogP contribution >= 0.6 is 0 Å². The molecule has 2 aromatic carbocycles. The Labute approximate surface area is 115 Å². The summed E-state index contributed by atoms with van der Waals surface area (Å²) in [6.07, 6.45) is 0. The molecule has 20 heavy (non-hydrogen) atoms. The minimum Gasteiger partial charge on any atom is -0.504 e. The van der Waals surface area contributed by atoms with Crippen LogP contribution in [0.5, 0.6) is 17.2 Å². The van der Waals surface area contributed by atoms with Gasteiger partial charge in [-0.2, -0.15) is 0 Å². The quantitative estimate of drug-likeness (QED) is 0.763. The average Bonchev–Trinajstić information content (AvgIpc) is 2.96. The van der Waals surface area contributed by atoms with Gasteiger partial charge in [-0.1, -0.05) is 18.2 Å². The summed E-state index contributed by atoms with van der Waals surface area (Å²) in [4.78, 5) is 0. The van der Waals surface area contributed by atoms with Gasteiger partial charge < -0.3 is 9.84 Å². The van der Waals surface area contributed by atoms with Crippen LogP contribution in [0.2, 0.25) is 0 Å². The molecule has 2 N–H and O–H groups in total. The van der Waals surface area contributed by atoms with E-state index in [0.717, 1.165) is 11.1 Å². The normalized spacial score (nSPS) is 10.4. The number of nitrogens with zero attached hydrogens (tertiary/aromatic N) is 3. The lowest BCUT2D eigenvalue weighted by Crippen LogP contribution is -1.90. The number of aromatic hydroxyl groups is 1. The van der Waals surface area contributed by atoms with Crippen molar-refractivity contribution in [3.8, 4) is 28.6 Å². The SMILES string of the molecule is Cc1ccc(Oc2ccccc2-c2nnn[nH]2)c(O)c1. The highest BCUT2D eigenvalue weighted by atomic mass is 16.5. The molecule has 0 saturated heterocycles. The molecule has 3 rings (SSSR count). The molecule has 0 spiro atoms. The molecule has 6 heteroatoms. The van der Waals surface area contributed by atoms with Gasteiger partial charge in [0.05, 0.1) is 5.56 Å². The number of tetrazole rings is 1. The standard InChI is InChI=1S/C14H12N4O2/c1-9-6-7-13(11(19)8-9)20-12-5-3-2-4-10(12)14-15-17-18-16-14/h2-8,19H,1H3,(H,15,16,17,18). The average molecular weight is 268 g/mol. The Morgan fingerprint density at radius 3 is 2.70 bits per heavy atom. The van der Waals surface area contributed by atoms with E-state index in [2.05, 4.69) is 20.6 Å². The molecule has 0 unspecified atom stereocenters. The largest absolute Gasteiger partial charge is 0.504 e. The van der Waals surface area contributed by atoms with Crippen LogP contribution in [0.4, 0.5) is 0 Å². The summed E-state index contributed by atoms with van der Waals surface area (Å²) in [6, 6.07) is 12.6. The third-order valence-corrected chi connectivity index (χ3v) is 2.82. The molecule has 0 fully saturated rings. The van der Waals surface area contributed by atoms with Gasteiger partial charge in [-0.05, 0) is 47.2 Å². The first-order valence-electron chi connectivity index (χ1n) is 6.04. The third kappa shape index (κ3) is 2.31. The summed E-state index contributed by atoms with van der Waals surface area (Å²) in [5.41, 5.74) is 1.68. The fraction of sp³-hybridized carbons (Fsp3) is 0.0714. The van der Waals surface area contributed by atoms with Crippen LogP contribution < -0.4 is 4.74 Å². The highest BCUT2D eigenvalue weighted by Crippen LogP contribution is 2.35. The van der Waals surface area contributed by atoms with Crippen molar-refractivity contribution in [3.63, 3.8) is 0 Å². The minimum absolute atomic E-state index is 0.0931. The van der Waals surface area contributed by atoms with E-state index in [-0.39, 0.29) is 5.75 Å². The molecule has 100 valence electrons. The maximum Gasteiger partial charge on any atom is 0.183 e. The molecule has 6 nitrogen and oxygen atoms in total. The second-order valence-electron chi connectivity index (χ2n) is 4.32. The van der Waals surface area contributed by atoms with Crippen molar-refractivity contribution < 1.29 is 9.84 Å². The zero-order valence-corrected chi connectivity index (χ0v) is 10.7. The van der Waals surface area contributed by atoms with Crippen LogP contribution in [0, 0.1) is 6.92 Å². The van der Waals surface area contributed by atoms with Gasteiger partial charge in [-0.15, -0.1) is 5.10 Å². The van der Waals surface area contributed by atoms with E-state index >= 15 is 0 Å². The van der Waals surface area contributed by atoms with Gasteiger partial charge in [0.1, 0.15) is 5.75 Å². The number of H-pyrrole nitrogens is 1. The number of nitrogens with one attached hydrogen (secondary N) is 1. The molecular formula is C14H12N4O2. The van der Waals surface area contributed by atoms with Crippen molar-refractivity contribution in [2.45, 2.75) is 6.92 Å². The van der Waals surface area contributed by atoms with Crippen molar-refractivity contribution in [2.24, 2.45) is 0 Å². The number of aromatic nitrogens is 4. The summed E-state index contributed by atoms with van der Waals surface area (Å²) in [5.74, 6) is 1.54. The fourth-order valence-electron chi connectivity index (χ4n) is 1.86. The third-order valence-electron chi connectivity index (χ3n) is 2.82. The summed E-state index contributed by atoms with van der Waals surface area (Å²) in [6.45, 7) is 1.90. The van der Waals surface area contributed by atoms with E-state index in [1.54, 1.807) is 18.2 Å². The molecule has 0 aliphatic carbocycles. The second kappa shape index (κ2) is 5.00. The van der Waals surface area contributed by atoms with Gasteiger partial charge in [-0.3, -0.25) is 0 Å². The Morgan fingerprint density at radius 1 is 1.10 bits per heavy atom. The first kappa shape index (κ1) is 12.2. The van der Waals surface area contributed by atoms with Gasteiger partial charge in [0.15, 0.2) is 17.3 Å². The highest BCUT2D eigenvalue weighted by molar-refractivity contribution is 5.64. The van der Waals surface area contributed by atoms with Crippen molar-refractivity contribution in [1.82, 2.24) is 20.6 Å². The van der Waals surface area contributed by atoms with Gasteiger partial charge in [0.25, 0.3) is 0 Å². The molecule has 0 amide bonds. The van der Waals surface area contributed by atoms with Crippen molar-refractivity contribution >= 4 is 0 Å². The number of aromatic amines is 1. The molecule has 0 aliphatic heterocycles. The Kier molecular flexibility index (Phi) is 3.04. The second-order valence-corrected chi connectivity index (χ2v) is 4.32. The van der Waals surface area contributed by atoms with E-state index in [0.29, 0.717) is 17.3 Å². The number of rotatable bonds is 3. The Morgan fingerprint density at radius 2 is 1.95 bits per heavy atom. The molecular weight excluding hydrogens is 256 g/mol. The van der Waals surface area contributed by atoms with Crippen LogP contribution in [0.1, 0.15) is 5.56 Å². The van der Waals surface area contributed by atoms with Gasteiger partial charge >= 0.3 is 0 Å². The number of phenols is 1. The topological polar surface area (TPSA) is 83.9 Å². The number of benzene rings is 2. The molecule has 1 aromatic heterocycles. The van der Waals surface area contributed by atoms with Gasteiger partial charge in [-0.25, -0.2) is 5.10 Å². The predicted octanol–water partition coefficient (Wildman–Crippen LogP) is 2.67. The summed E-state index contributed by atoms with van der Waals surface area (Å²) >= 11 is 0. The summed E-state index contributed by atoms with van der Waals surface area (Å²) in [7, 11) is 0. The van der Waals surface area contributed by atoms with E-state index in [1.165, 1.54) is 0 Å². The number of ether oxygens (including phenoxy) is 1. The molecule has 0 atom stereocenters. The van der Waals surface area contributed by atoms with Crippen LogP contribution in [0.25, 0.3) is 11.4 Å². The number of hydrogen-bond donors (Lipinski definition) is 2. The molecule has 0 radical (unpaired) electrons. The summed E-state index contributed by atoms with van der Waals surface area (Å²) in [5, 5.41) is 23.6. The molecule has 0 saturated carbocycles. The fourth-order valence-corrected chi connectivity index (χ4v) is 1.86. The maximum atomic E-state index is 9.90. The lowest BCUT2D eigenvalue weighted by atomic mass is 10.2.